The van der Waals surface area contributed by atoms with E-state index in [1.165, 1.54) is 23.4 Å². The maximum absolute atomic E-state index is 13.4. The van der Waals surface area contributed by atoms with Crippen LogP contribution in [-0.4, -0.2) is 38.7 Å². The van der Waals surface area contributed by atoms with Crippen LogP contribution in [-0.2, 0) is 17.8 Å². The molecule has 7 heteroatoms. The van der Waals surface area contributed by atoms with Gasteiger partial charge in [0.2, 0.25) is 5.91 Å². The molecule has 1 amide bonds. The number of benzene rings is 3. The van der Waals surface area contributed by atoms with Gasteiger partial charge in [0.1, 0.15) is 11.6 Å². The van der Waals surface area contributed by atoms with Crippen molar-refractivity contribution in [2.75, 3.05) is 36.5 Å². The number of ether oxygens (including phenoxy) is 1. The number of para-hydroxylation sites is 1. The fourth-order valence-corrected chi connectivity index (χ4v) is 5.28. The minimum atomic E-state index is -0.284. The first-order valence-corrected chi connectivity index (χ1v) is 11.9. The Kier molecular flexibility index (Phi) is 6.33. The quantitative estimate of drug-likeness (QED) is 0.577. The second kappa shape index (κ2) is 9.55. The van der Waals surface area contributed by atoms with Gasteiger partial charge in [-0.15, -0.1) is 0 Å². The van der Waals surface area contributed by atoms with Gasteiger partial charge in [0, 0.05) is 36.9 Å². The van der Waals surface area contributed by atoms with Gasteiger partial charge in [-0.1, -0.05) is 41.9 Å². The van der Waals surface area contributed by atoms with Gasteiger partial charge in [-0.25, -0.2) is 4.39 Å². The van der Waals surface area contributed by atoms with E-state index in [2.05, 4.69) is 33.3 Å². The molecule has 1 saturated heterocycles. The lowest BCUT2D eigenvalue weighted by molar-refractivity contribution is -0.126. The normalized spacial score (nSPS) is 19.3. The second-order valence-corrected chi connectivity index (χ2v) is 9.24. The number of carbonyl (C=O) groups excluding carboxylic acids is 1. The van der Waals surface area contributed by atoms with E-state index in [4.69, 9.17) is 16.3 Å². The standard InChI is InChI=1S/C27H27ClFN3O2/c1-34-26-11-8-20(28)15-24(26)31-12-13-32-23-5-3-2-4-19(23)14-22(25(32)17-31)27(33)30-16-18-6-9-21(29)10-7-18/h2-11,15,22,25H,12-14,16-17H2,1H3,(H,30,33)/t22-,25-/m0/s1. The van der Waals surface area contributed by atoms with Crippen molar-refractivity contribution in [1.29, 1.82) is 0 Å². The van der Waals surface area contributed by atoms with Gasteiger partial charge < -0.3 is 19.9 Å². The number of nitrogens with one attached hydrogen (secondary N) is 1. The molecule has 2 atom stereocenters. The zero-order valence-corrected chi connectivity index (χ0v) is 19.8. The summed E-state index contributed by atoms with van der Waals surface area (Å²) in [6.07, 6.45) is 0.674. The molecular formula is C27H27ClFN3O2. The number of nitrogens with zero attached hydrogens (tertiary/aromatic N) is 2. The van der Waals surface area contributed by atoms with Crippen molar-refractivity contribution in [3.8, 4) is 5.75 Å². The molecule has 1 fully saturated rings. The Balaban J connectivity index is 1.41. The highest BCUT2D eigenvalue weighted by Crippen LogP contribution is 2.39. The zero-order chi connectivity index (χ0) is 23.7. The van der Waals surface area contributed by atoms with Gasteiger partial charge in [0.15, 0.2) is 0 Å². The Labute approximate surface area is 204 Å². The first kappa shape index (κ1) is 22.5. The molecule has 2 aliphatic rings. The van der Waals surface area contributed by atoms with Crippen LogP contribution in [0, 0.1) is 11.7 Å². The molecular weight excluding hydrogens is 453 g/mol. The molecule has 34 heavy (non-hydrogen) atoms. The summed E-state index contributed by atoms with van der Waals surface area (Å²) >= 11 is 6.31. The lowest BCUT2D eigenvalue weighted by atomic mass is 9.83. The van der Waals surface area contributed by atoms with E-state index in [-0.39, 0.29) is 23.7 Å². The third kappa shape index (κ3) is 4.42. The maximum atomic E-state index is 13.4. The van der Waals surface area contributed by atoms with Crippen LogP contribution in [0.4, 0.5) is 15.8 Å². The van der Waals surface area contributed by atoms with Crippen molar-refractivity contribution < 1.29 is 13.9 Å². The van der Waals surface area contributed by atoms with Crippen LogP contribution in [0.25, 0.3) is 0 Å². The molecule has 0 aliphatic carbocycles. The van der Waals surface area contributed by atoms with Crippen LogP contribution in [0.1, 0.15) is 11.1 Å². The maximum Gasteiger partial charge on any atom is 0.225 e. The highest BCUT2D eigenvalue weighted by atomic mass is 35.5. The van der Waals surface area contributed by atoms with Crippen LogP contribution in [0.3, 0.4) is 0 Å². The van der Waals surface area contributed by atoms with E-state index >= 15 is 0 Å². The molecule has 2 heterocycles. The van der Waals surface area contributed by atoms with E-state index < -0.39 is 0 Å². The van der Waals surface area contributed by atoms with Gasteiger partial charge >= 0.3 is 0 Å². The summed E-state index contributed by atoms with van der Waals surface area (Å²) in [6.45, 7) is 2.64. The highest BCUT2D eigenvalue weighted by molar-refractivity contribution is 6.31. The molecule has 2 aliphatic heterocycles. The molecule has 1 N–H and O–H groups in total. The summed E-state index contributed by atoms with van der Waals surface area (Å²) in [5.74, 6) is 0.275. The molecule has 0 bridgehead atoms. The van der Waals surface area contributed by atoms with E-state index in [1.54, 1.807) is 19.2 Å². The van der Waals surface area contributed by atoms with Crippen molar-refractivity contribution >= 4 is 28.9 Å². The van der Waals surface area contributed by atoms with Gasteiger partial charge in [-0.2, -0.15) is 0 Å². The average molecular weight is 480 g/mol. The Morgan fingerprint density at radius 3 is 2.68 bits per heavy atom. The average Bonchev–Trinajstić information content (AvgIpc) is 2.87. The van der Waals surface area contributed by atoms with Crippen LogP contribution in [0.15, 0.2) is 66.7 Å². The topological polar surface area (TPSA) is 44.8 Å². The lowest BCUT2D eigenvalue weighted by Crippen LogP contribution is -2.61. The Hall–Kier alpha value is -3.25. The summed E-state index contributed by atoms with van der Waals surface area (Å²) in [5, 5.41) is 3.74. The third-order valence-electron chi connectivity index (χ3n) is 6.82. The molecule has 5 rings (SSSR count). The number of rotatable bonds is 5. The van der Waals surface area contributed by atoms with Gasteiger partial charge in [-0.3, -0.25) is 4.79 Å². The predicted octanol–water partition coefficient (Wildman–Crippen LogP) is 4.67. The minimum Gasteiger partial charge on any atom is -0.495 e. The molecule has 0 aromatic heterocycles. The van der Waals surface area contributed by atoms with Crippen molar-refractivity contribution in [2.45, 2.75) is 19.0 Å². The van der Waals surface area contributed by atoms with E-state index in [0.29, 0.717) is 24.5 Å². The summed E-state index contributed by atoms with van der Waals surface area (Å²) < 4.78 is 18.8. The minimum absolute atomic E-state index is 0.000514. The number of fused-ring (bicyclic) bond motifs is 3. The SMILES string of the molecule is COc1ccc(Cl)cc1N1CCN2c3ccccc3C[C@H](C(=O)NCc3ccc(F)cc3)[C@@H]2C1. The molecule has 3 aromatic rings. The largest absolute Gasteiger partial charge is 0.495 e. The summed E-state index contributed by atoms with van der Waals surface area (Å²) in [6, 6.07) is 20.2. The van der Waals surface area contributed by atoms with Gasteiger partial charge in [-0.05, 0) is 53.9 Å². The smallest absolute Gasteiger partial charge is 0.225 e. The molecule has 0 unspecified atom stereocenters. The van der Waals surface area contributed by atoms with E-state index in [9.17, 15) is 9.18 Å². The Bertz CT molecular complexity index is 1190. The first-order chi connectivity index (χ1) is 16.5. The van der Waals surface area contributed by atoms with Crippen LogP contribution in [0.2, 0.25) is 5.02 Å². The van der Waals surface area contributed by atoms with Crippen molar-refractivity contribution in [2.24, 2.45) is 5.92 Å². The number of hydrogen-bond acceptors (Lipinski definition) is 4. The molecule has 0 saturated carbocycles. The fourth-order valence-electron chi connectivity index (χ4n) is 5.11. The number of anilines is 2. The van der Waals surface area contributed by atoms with E-state index in [1.807, 2.05) is 24.3 Å². The number of halogens is 2. The Morgan fingerprint density at radius 1 is 1.09 bits per heavy atom. The van der Waals surface area contributed by atoms with Crippen LogP contribution < -0.4 is 19.9 Å². The first-order valence-electron chi connectivity index (χ1n) is 11.5. The number of piperazine rings is 1. The fraction of sp³-hybridized carbons (Fsp3) is 0.296. The Morgan fingerprint density at radius 2 is 1.88 bits per heavy atom. The molecule has 3 aromatic carbocycles. The van der Waals surface area contributed by atoms with E-state index in [0.717, 1.165) is 30.1 Å². The molecule has 0 radical (unpaired) electrons. The van der Waals surface area contributed by atoms with Crippen molar-refractivity contribution in [3.05, 3.63) is 88.7 Å². The lowest BCUT2D eigenvalue weighted by Gasteiger charge is -2.49. The number of amides is 1. The third-order valence-corrected chi connectivity index (χ3v) is 7.06. The monoisotopic (exact) mass is 479 g/mol. The number of methoxy groups -OCH3 is 1. The molecule has 5 nitrogen and oxygen atoms in total. The van der Waals surface area contributed by atoms with Crippen molar-refractivity contribution in [3.63, 3.8) is 0 Å². The highest BCUT2D eigenvalue weighted by Gasteiger charge is 2.41. The summed E-state index contributed by atoms with van der Waals surface area (Å²) in [7, 11) is 1.66. The molecule has 176 valence electrons. The van der Waals surface area contributed by atoms with Gasteiger partial charge in [0.05, 0.1) is 24.8 Å². The van der Waals surface area contributed by atoms with Crippen LogP contribution >= 0.6 is 11.6 Å². The number of carbonyl (C=O) groups is 1. The predicted molar refractivity (Wildman–Crippen MR) is 133 cm³/mol. The van der Waals surface area contributed by atoms with Crippen molar-refractivity contribution in [1.82, 2.24) is 5.32 Å². The molecule has 0 spiro atoms. The zero-order valence-electron chi connectivity index (χ0n) is 19.0. The number of hydrogen-bond donors (Lipinski definition) is 1. The summed E-state index contributed by atoms with van der Waals surface area (Å²) in [5.41, 5.74) is 4.21. The van der Waals surface area contributed by atoms with Gasteiger partial charge in [0.25, 0.3) is 0 Å². The second-order valence-electron chi connectivity index (χ2n) is 8.81. The summed E-state index contributed by atoms with van der Waals surface area (Å²) in [4.78, 5) is 18.1. The van der Waals surface area contributed by atoms with Crippen LogP contribution in [0.5, 0.6) is 5.75 Å².